The lowest BCUT2D eigenvalue weighted by atomic mass is 9.93. The van der Waals surface area contributed by atoms with Crippen LogP contribution < -0.4 is 14.8 Å². The maximum Gasteiger partial charge on any atom is 0.220 e. The second-order valence-electron chi connectivity index (χ2n) is 7.93. The van der Waals surface area contributed by atoms with Crippen LogP contribution >= 0.6 is 0 Å². The lowest BCUT2D eigenvalue weighted by Crippen LogP contribution is -2.36. The number of hydrogen-bond acceptors (Lipinski definition) is 4. The Morgan fingerprint density at radius 1 is 1.32 bits per heavy atom. The van der Waals surface area contributed by atoms with Crippen LogP contribution in [0.1, 0.15) is 45.1 Å². The first-order chi connectivity index (χ1) is 13.5. The zero-order chi connectivity index (χ0) is 20.4. The van der Waals surface area contributed by atoms with Crippen LogP contribution in [0.4, 0.5) is 0 Å². The minimum Gasteiger partial charge on any atom is -0.497 e. The van der Waals surface area contributed by atoms with Crippen molar-refractivity contribution in [1.29, 1.82) is 0 Å². The summed E-state index contributed by atoms with van der Waals surface area (Å²) in [5.74, 6) is 2.81. The Labute approximate surface area is 170 Å². The van der Waals surface area contributed by atoms with Gasteiger partial charge in [-0.05, 0) is 49.8 Å². The average Bonchev–Trinajstić information content (AvgIpc) is 2.70. The second kappa shape index (κ2) is 11.7. The molecule has 0 spiro atoms. The Kier molecular flexibility index (Phi) is 9.35. The van der Waals surface area contributed by atoms with Gasteiger partial charge in [0, 0.05) is 37.7 Å². The number of allylic oxidation sites excluding steroid dienone is 1. The molecular formula is C23H36N2O3. The highest BCUT2D eigenvalue weighted by Crippen LogP contribution is 2.25. The molecule has 28 heavy (non-hydrogen) atoms. The van der Waals surface area contributed by atoms with E-state index in [9.17, 15) is 4.79 Å². The van der Waals surface area contributed by atoms with E-state index in [4.69, 9.17) is 9.47 Å². The van der Waals surface area contributed by atoms with Crippen LogP contribution in [-0.2, 0) is 11.3 Å². The highest BCUT2D eigenvalue weighted by molar-refractivity contribution is 5.75. The largest absolute Gasteiger partial charge is 0.497 e. The van der Waals surface area contributed by atoms with E-state index in [0.29, 0.717) is 24.8 Å². The normalized spacial score (nSPS) is 17.8. The number of methoxy groups -OCH3 is 2. The van der Waals surface area contributed by atoms with E-state index in [1.807, 2.05) is 18.2 Å². The van der Waals surface area contributed by atoms with Gasteiger partial charge in [0.05, 0.1) is 14.2 Å². The van der Waals surface area contributed by atoms with Gasteiger partial charge in [-0.25, -0.2) is 0 Å². The number of ether oxygens (including phenoxy) is 2. The van der Waals surface area contributed by atoms with Crippen LogP contribution in [0.5, 0.6) is 11.5 Å². The van der Waals surface area contributed by atoms with Crippen LogP contribution in [0.25, 0.3) is 0 Å². The molecule has 0 radical (unpaired) electrons. The number of carbonyl (C=O) groups excluding carboxylic acids is 1. The summed E-state index contributed by atoms with van der Waals surface area (Å²) in [5, 5.41) is 3.02. The summed E-state index contributed by atoms with van der Waals surface area (Å²) >= 11 is 0. The molecule has 0 unspecified atom stereocenters. The molecule has 1 saturated heterocycles. The molecule has 0 aromatic heterocycles. The molecule has 1 amide bonds. The van der Waals surface area contributed by atoms with Gasteiger partial charge in [0.15, 0.2) is 0 Å². The molecule has 0 bridgehead atoms. The van der Waals surface area contributed by atoms with Crippen LogP contribution in [-0.4, -0.2) is 44.7 Å². The maximum absolute atomic E-state index is 12.3. The highest BCUT2D eigenvalue weighted by Gasteiger charge is 2.20. The fourth-order valence-electron chi connectivity index (χ4n) is 3.65. The van der Waals surface area contributed by atoms with E-state index >= 15 is 0 Å². The molecule has 1 heterocycles. The lowest BCUT2D eigenvalue weighted by Gasteiger charge is -2.32. The third-order valence-corrected chi connectivity index (χ3v) is 5.24. The molecule has 1 aromatic carbocycles. The molecular weight excluding hydrogens is 352 g/mol. The molecule has 5 nitrogen and oxygen atoms in total. The van der Waals surface area contributed by atoms with Crippen molar-refractivity contribution < 1.29 is 14.3 Å². The van der Waals surface area contributed by atoms with Gasteiger partial charge in [-0.1, -0.05) is 26.0 Å². The molecule has 2 rings (SSSR count). The first kappa shape index (κ1) is 22.3. The van der Waals surface area contributed by atoms with Gasteiger partial charge >= 0.3 is 0 Å². The van der Waals surface area contributed by atoms with Crippen molar-refractivity contribution in [2.75, 3.05) is 33.9 Å². The van der Waals surface area contributed by atoms with Gasteiger partial charge < -0.3 is 14.8 Å². The number of rotatable bonds is 10. The third kappa shape index (κ3) is 7.55. The monoisotopic (exact) mass is 388 g/mol. The van der Waals surface area contributed by atoms with Crippen molar-refractivity contribution in [3.05, 3.63) is 35.9 Å². The van der Waals surface area contributed by atoms with Crippen molar-refractivity contribution in [2.24, 2.45) is 11.8 Å². The number of nitrogens with one attached hydrogen (secondary N) is 1. The fraction of sp³-hybridized carbons (Fsp3) is 0.609. The molecule has 5 heteroatoms. The van der Waals surface area contributed by atoms with Crippen molar-refractivity contribution in [2.45, 2.75) is 46.1 Å². The maximum atomic E-state index is 12.3. The van der Waals surface area contributed by atoms with Crippen LogP contribution in [0.3, 0.4) is 0 Å². The number of hydrogen-bond donors (Lipinski definition) is 1. The number of nitrogens with zero attached hydrogens (tertiary/aromatic N) is 1. The lowest BCUT2D eigenvalue weighted by molar-refractivity contribution is -0.121. The molecule has 1 aliphatic heterocycles. The van der Waals surface area contributed by atoms with Gasteiger partial charge in [0.2, 0.25) is 5.91 Å². The molecule has 1 aromatic rings. The van der Waals surface area contributed by atoms with Crippen molar-refractivity contribution in [3.8, 4) is 11.5 Å². The fourth-order valence-corrected chi connectivity index (χ4v) is 3.65. The number of amides is 1. The first-order valence-electron chi connectivity index (χ1n) is 10.4. The van der Waals surface area contributed by atoms with Crippen LogP contribution in [0.15, 0.2) is 30.4 Å². The third-order valence-electron chi connectivity index (χ3n) is 5.24. The molecule has 1 aliphatic rings. The summed E-state index contributed by atoms with van der Waals surface area (Å²) < 4.78 is 10.6. The Bertz CT molecular complexity index is 643. The number of piperidine rings is 1. The summed E-state index contributed by atoms with van der Waals surface area (Å²) in [5.41, 5.74) is 0.956. The molecule has 0 saturated carbocycles. The zero-order valence-electron chi connectivity index (χ0n) is 17.9. The predicted octanol–water partition coefficient (Wildman–Crippen LogP) is 4.02. The van der Waals surface area contributed by atoms with Gasteiger partial charge in [-0.3, -0.25) is 9.69 Å². The first-order valence-corrected chi connectivity index (χ1v) is 10.4. The molecule has 156 valence electrons. The van der Waals surface area contributed by atoms with E-state index in [1.165, 1.54) is 19.4 Å². The summed E-state index contributed by atoms with van der Waals surface area (Å²) in [6, 6.07) is 5.65. The quantitative estimate of drug-likeness (QED) is 0.615. The SMILES string of the molecule is COc1ccc(CNC(=O)CC[C@@H]2CCCN(C/C=C/C(C)C)C2)c(OC)c1. The topological polar surface area (TPSA) is 50.8 Å². The Morgan fingerprint density at radius 3 is 2.86 bits per heavy atom. The summed E-state index contributed by atoms with van der Waals surface area (Å²) in [4.78, 5) is 14.8. The Balaban J connectivity index is 1.73. The Hall–Kier alpha value is -2.01. The van der Waals surface area contributed by atoms with Crippen molar-refractivity contribution in [1.82, 2.24) is 10.2 Å². The standard InChI is InChI=1S/C23H36N2O3/c1-18(2)7-5-13-25-14-6-8-19(17-25)9-12-23(26)24-16-20-10-11-21(27-3)15-22(20)28-4/h5,7,10-11,15,18-19H,6,8-9,12-14,16-17H2,1-4H3,(H,24,26)/b7-5+/t19-/m0/s1. The highest BCUT2D eigenvalue weighted by atomic mass is 16.5. The molecule has 1 atom stereocenters. The smallest absolute Gasteiger partial charge is 0.220 e. The summed E-state index contributed by atoms with van der Waals surface area (Å²) in [6.45, 7) is 8.18. The van der Waals surface area contributed by atoms with Gasteiger partial charge in [-0.2, -0.15) is 0 Å². The minimum absolute atomic E-state index is 0.106. The zero-order valence-corrected chi connectivity index (χ0v) is 17.9. The Morgan fingerprint density at radius 2 is 2.14 bits per heavy atom. The number of benzene rings is 1. The van der Waals surface area contributed by atoms with E-state index in [1.54, 1.807) is 14.2 Å². The van der Waals surface area contributed by atoms with E-state index < -0.39 is 0 Å². The second-order valence-corrected chi connectivity index (χ2v) is 7.93. The summed E-state index contributed by atoms with van der Waals surface area (Å²) in [7, 11) is 3.26. The molecule has 1 N–H and O–H groups in total. The van der Waals surface area contributed by atoms with Gasteiger partial charge in [0.25, 0.3) is 0 Å². The predicted molar refractivity (Wildman–Crippen MR) is 114 cm³/mol. The average molecular weight is 389 g/mol. The van der Waals surface area contributed by atoms with E-state index in [2.05, 4.69) is 36.2 Å². The van der Waals surface area contributed by atoms with E-state index in [0.717, 1.165) is 36.6 Å². The van der Waals surface area contributed by atoms with Crippen molar-refractivity contribution in [3.63, 3.8) is 0 Å². The molecule has 0 aliphatic carbocycles. The van der Waals surface area contributed by atoms with E-state index in [-0.39, 0.29) is 5.91 Å². The molecule has 1 fully saturated rings. The number of carbonyl (C=O) groups is 1. The summed E-state index contributed by atoms with van der Waals surface area (Å²) in [6.07, 6.45) is 8.54. The van der Waals surface area contributed by atoms with Gasteiger partial charge in [0.1, 0.15) is 11.5 Å². The van der Waals surface area contributed by atoms with Gasteiger partial charge in [-0.15, -0.1) is 0 Å². The number of likely N-dealkylation sites (tertiary alicyclic amines) is 1. The minimum atomic E-state index is 0.106. The van der Waals surface area contributed by atoms with Crippen LogP contribution in [0, 0.1) is 11.8 Å². The van der Waals surface area contributed by atoms with Crippen LogP contribution in [0.2, 0.25) is 0 Å². The van der Waals surface area contributed by atoms with Crippen molar-refractivity contribution >= 4 is 5.91 Å².